The average Bonchev–Trinajstić information content (AvgIpc) is 2.79. The summed E-state index contributed by atoms with van der Waals surface area (Å²) in [5, 5.41) is 15.9. The van der Waals surface area contributed by atoms with Crippen LogP contribution in [0.1, 0.15) is 41.0 Å². The van der Waals surface area contributed by atoms with E-state index in [0.717, 1.165) is 25.2 Å². The summed E-state index contributed by atoms with van der Waals surface area (Å²) in [6.45, 7) is 5.29. The normalized spacial score (nSPS) is 17.5. The number of aromatic nitrogens is 4. The van der Waals surface area contributed by atoms with Crippen molar-refractivity contribution in [3.8, 4) is 6.07 Å². The number of rotatable bonds is 5. The molecule has 3 aromatic rings. The van der Waals surface area contributed by atoms with Gasteiger partial charge in [0.05, 0.1) is 6.20 Å². The van der Waals surface area contributed by atoms with E-state index in [1.54, 1.807) is 25.6 Å². The van der Waals surface area contributed by atoms with Gasteiger partial charge in [0, 0.05) is 25.0 Å². The number of hydrogen-bond acceptors (Lipinski definition) is 9. The predicted molar refractivity (Wildman–Crippen MR) is 133 cm³/mol. The van der Waals surface area contributed by atoms with Crippen molar-refractivity contribution < 1.29 is 4.57 Å². The Morgan fingerprint density at radius 1 is 1.18 bits per heavy atom. The maximum atomic E-state index is 12.4. The molecule has 0 amide bonds. The zero-order valence-electron chi connectivity index (χ0n) is 19.5. The van der Waals surface area contributed by atoms with Gasteiger partial charge in [0.2, 0.25) is 5.95 Å². The van der Waals surface area contributed by atoms with Crippen LogP contribution in [-0.2, 0) is 17.5 Å². The molecule has 0 saturated carbocycles. The van der Waals surface area contributed by atoms with Gasteiger partial charge in [-0.25, -0.2) is 15.0 Å². The molecule has 1 atom stereocenters. The van der Waals surface area contributed by atoms with Crippen LogP contribution in [0.5, 0.6) is 0 Å². The Labute approximate surface area is 199 Å². The first-order chi connectivity index (χ1) is 16.3. The Bertz CT molecular complexity index is 1350. The summed E-state index contributed by atoms with van der Waals surface area (Å²) in [6.07, 6.45) is 6.57. The molecule has 174 valence electrons. The Kier molecular flexibility index (Phi) is 5.80. The summed E-state index contributed by atoms with van der Waals surface area (Å²) in [4.78, 5) is 19.7. The molecule has 1 aliphatic heterocycles. The van der Waals surface area contributed by atoms with Crippen molar-refractivity contribution in [3.05, 3.63) is 52.8 Å². The molecule has 0 radical (unpaired) electrons. The highest BCUT2D eigenvalue weighted by molar-refractivity contribution is 7.69. The fourth-order valence-electron chi connectivity index (χ4n) is 4.86. The molecule has 5 rings (SSSR count). The van der Waals surface area contributed by atoms with E-state index in [4.69, 9.17) is 0 Å². The lowest BCUT2D eigenvalue weighted by Gasteiger charge is -2.37. The van der Waals surface area contributed by atoms with Crippen LogP contribution in [0.25, 0.3) is 0 Å². The molecule has 2 aliphatic rings. The fraction of sp³-hybridized carbons (Fsp3) is 0.375. The van der Waals surface area contributed by atoms with Crippen molar-refractivity contribution in [1.82, 2.24) is 24.8 Å². The molecule has 1 unspecified atom stereocenters. The lowest BCUT2D eigenvalue weighted by atomic mass is 9.77. The van der Waals surface area contributed by atoms with Gasteiger partial charge in [0.25, 0.3) is 0 Å². The van der Waals surface area contributed by atoms with Crippen molar-refractivity contribution in [2.45, 2.75) is 31.7 Å². The molecule has 2 N–H and O–H groups in total. The van der Waals surface area contributed by atoms with E-state index in [2.05, 4.69) is 60.7 Å². The number of hydrogen-bond donors (Lipinski definition) is 2. The Morgan fingerprint density at radius 3 is 2.79 bits per heavy atom. The van der Waals surface area contributed by atoms with E-state index in [9.17, 15) is 9.83 Å². The summed E-state index contributed by atoms with van der Waals surface area (Å²) in [5.41, 5.74) is 5.81. The van der Waals surface area contributed by atoms with Crippen molar-refractivity contribution in [2.75, 3.05) is 37.6 Å². The summed E-state index contributed by atoms with van der Waals surface area (Å²) in [6, 6.07) is 8.16. The molecular weight excluding hydrogens is 447 g/mol. The quantitative estimate of drug-likeness (QED) is 0.533. The summed E-state index contributed by atoms with van der Waals surface area (Å²) in [7, 11) is -0.448. The maximum absolute atomic E-state index is 12.4. The van der Waals surface area contributed by atoms with Gasteiger partial charge in [-0.05, 0) is 80.4 Å². The average molecular weight is 475 g/mol. The van der Waals surface area contributed by atoms with E-state index >= 15 is 0 Å². The first-order valence-corrected chi connectivity index (χ1v) is 13.9. The van der Waals surface area contributed by atoms with Crippen LogP contribution in [0.4, 0.5) is 23.3 Å². The highest BCUT2D eigenvalue weighted by Gasteiger charge is 2.29. The number of nitrogens with zero attached hydrogens (tertiary/aromatic N) is 6. The van der Waals surface area contributed by atoms with Gasteiger partial charge in [-0.3, -0.25) is 0 Å². The van der Waals surface area contributed by atoms with E-state index in [-0.39, 0.29) is 11.1 Å². The first kappa shape index (κ1) is 22.5. The fourth-order valence-corrected chi connectivity index (χ4v) is 5.55. The third-order valence-electron chi connectivity index (χ3n) is 6.27. The number of nitrogens with one attached hydrogen (secondary N) is 2. The molecule has 10 heteroatoms. The van der Waals surface area contributed by atoms with E-state index in [1.165, 1.54) is 35.7 Å². The van der Waals surface area contributed by atoms with Gasteiger partial charge in [0.15, 0.2) is 11.4 Å². The Morgan fingerprint density at radius 2 is 2.00 bits per heavy atom. The lowest BCUT2D eigenvalue weighted by Crippen LogP contribution is -2.33. The van der Waals surface area contributed by atoms with Crippen LogP contribution in [0.3, 0.4) is 0 Å². The minimum Gasteiger partial charge on any atom is -0.324 e. The molecule has 0 saturated heterocycles. The second kappa shape index (κ2) is 8.79. The molecule has 0 bridgehead atoms. The Hall–Kier alpha value is -3.34. The smallest absolute Gasteiger partial charge is 0.229 e. The van der Waals surface area contributed by atoms with Gasteiger partial charge in [0.1, 0.15) is 24.6 Å². The summed E-state index contributed by atoms with van der Waals surface area (Å²) < 4.78 is 12.4. The first-order valence-electron chi connectivity index (χ1n) is 11.3. The highest BCUT2D eigenvalue weighted by Crippen LogP contribution is 2.40. The number of aryl methyl sites for hydroxylation is 1. The SMILES string of the molecule is CN1Cc2cc(Nc3ncc(C#N)c(Nc4ccnc(P(C)(C)=O)n4)n3)cc3c2C(CCC3)C1. The molecule has 34 heavy (non-hydrogen) atoms. The molecular formula is C24H27N8OP. The van der Waals surface area contributed by atoms with Crippen molar-refractivity contribution in [1.29, 1.82) is 5.26 Å². The topological polar surface area (TPSA) is 120 Å². The second-order valence-corrected chi connectivity index (χ2v) is 12.5. The minimum absolute atomic E-state index is 0.273. The number of nitriles is 1. The standard InChI is InChI=1S/C24H27N8OP/c1-32-13-16-6-4-5-15-9-19(10-17(14-32)21(15)16)28-23-27-12-18(11-25)22(31-23)29-20-7-8-26-24(30-20)34(2,3)33/h7-10,12,16H,4-6,13-14H2,1-3H3,(H2,26,27,28,29,30,31). The van der Waals surface area contributed by atoms with Crippen LogP contribution < -0.4 is 16.2 Å². The molecule has 2 aromatic heterocycles. The molecule has 3 heterocycles. The van der Waals surface area contributed by atoms with E-state index in [0.29, 0.717) is 23.5 Å². The molecule has 1 aromatic carbocycles. The highest BCUT2D eigenvalue weighted by atomic mass is 31.2. The Balaban J connectivity index is 1.44. The number of anilines is 4. The zero-order valence-corrected chi connectivity index (χ0v) is 20.4. The van der Waals surface area contributed by atoms with Crippen LogP contribution in [0.15, 0.2) is 30.6 Å². The van der Waals surface area contributed by atoms with Gasteiger partial charge < -0.3 is 20.1 Å². The second-order valence-electron chi connectivity index (χ2n) is 9.40. The van der Waals surface area contributed by atoms with Gasteiger partial charge in [-0.1, -0.05) is 0 Å². The van der Waals surface area contributed by atoms with Crippen LogP contribution in [0.2, 0.25) is 0 Å². The van der Waals surface area contributed by atoms with Crippen molar-refractivity contribution in [2.24, 2.45) is 0 Å². The van der Waals surface area contributed by atoms with Crippen LogP contribution in [0, 0.1) is 11.3 Å². The third-order valence-corrected chi connectivity index (χ3v) is 7.45. The van der Waals surface area contributed by atoms with Crippen LogP contribution in [-0.4, -0.2) is 51.8 Å². The zero-order chi connectivity index (χ0) is 23.9. The molecule has 1 aliphatic carbocycles. The third kappa shape index (κ3) is 4.52. The monoisotopic (exact) mass is 474 g/mol. The van der Waals surface area contributed by atoms with Crippen molar-refractivity contribution in [3.63, 3.8) is 0 Å². The molecule has 0 fully saturated rings. The van der Waals surface area contributed by atoms with Gasteiger partial charge >= 0.3 is 0 Å². The lowest BCUT2D eigenvalue weighted by molar-refractivity contribution is 0.266. The van der Waals surface area contributed by atoms with E-state index < -0.39 is 7.14 Å². The summed E-state index contributed by atoms with van der Waals surface area (Å²) in [5.74, 6) is 1.75. The maximum Gasteiger partial charge on any atom is 0.229 e. The largest absolute Gasteiger partial charge is 0.324 e. The van der Waals surface area contributed by atoms with Gasteiger partial charge in [-0.2, -0.15) is 10.2 Å². The summed E-state index contributed by atoms with van der Waals surface area (Å²) >= 11 is 0. The van der Waals surface area contributed by atoms with Crippen LogP contribution >= 0.6 is 7.14 Å². The number of likely N-dealkylation sites (N-methyl/N-ethyl adjacent to an activating group) is 1. The minimum atomic E-state index is -2.62. The van der Waals surface area contributed by atoms with Crippen molar-refractivity contribution >= 4 is 36.0 Å². The molecule has 9 nitrogen and oxygen atoms in total. The predicted octanol–water partition coefficient (Wildman–Crippen LogP) is 3.74. The van der Waals surface area contributed by atoms with Gasteiger partial charge in [-0.15, -0.1) is 0 Å². The van der Waals surface area contributed by atoms with E-state index in [1.807, 2.05) is 0 Å². The molecule has 0 spiro atoms. The number of benzene rings is 1.